The normalized spacial score (nSPS) is 15.0. The van der Waals surface area contributed by atoms with Crippen molar-refractivity contribution in [2.45, 2.75) is 6.42 Å². The number of benzene rings is 2. The van der Waals surface area contributed by atoms with E-state index in [1.165, 1.54) is 5.69 Å². The fraction of sp³-hybridized carbons (Fsp3) is 0.350. The van der Waals surface area contributed by atoms with E-state index in [0.717, 1.165) is 45.7 Å². The quantitative estimate of drug-likeness (QED) is 0.733. The SMILES string of the molecule is NC(=O)c1c(Cl)cccc1NCCCN1CCN(c2ccccc2)CC1. The number of rotatable bonds is 7. The van der Waals surface area contributed by atoms with E-state index >= 15 is 0 Å². The number of piperazine rings is 1. The van der Waals surface area contributed by atoms with Crippen LogP contribution in [0.3, 0.4) is 0 Å². The maximum Gasteiger partial charge on any atom is 0.252 e. The van der Waals surface area contributed by atoms with Crippen molar-refractivity contribution in [2.75, 3.05) is 49.5 Å². The summed E-state index contributed by atoms with van der Waals surface area (Å²) < 4.78 is 0. The molecule has 6 heteroatoms. The topological polar surface area (TPSA) is 61.6 Å². The molecule has 1 amide bonds. The van der Waals surface area contributed by atoms with Crippen LogP contribution >= 0.6 is 11.6 Å². The number of primary amides is 1. The van der Waals surface area contributed by atoms with Gasteiger partial charge in [0, 0.05) is 44.1 Å². The Morgan fingerprint density at radius 3 is 2.46 bits per heavy atom. The Labute approximate surface area is 159 Å². The van der Waals surface area contributed by atoms with Crippen LogP contribution < -0.4 is 16.0 Å². The molecule has 0 atom stereocenters. The molecule has 138 valence electrons. The molecule has 5 nitrogen and oxygen atoms in total. The highest BCUT2D eigenvalue weighted by Crippen LogP contribution is 2.23. The van der Waals surface area contributed by atoms with Crippen molar-refractivity contribution in [1.82, 2.24) is 4.90 Å². The van der Waals surface area contributed by atoms with Crippen molar-refractivity contribution >= 4 is 28.9 Å². The third-order valence-electron chi connectivity index (χ3n) is 4.72. The molecular weight excluding hydrogens is 348 g/mol. The molecule has 3 rings (SSSR count). The van der Waals surface area contributed by atoms with Gasteiger partial charge in [0.1, 0.15) is 0 Å². The second-order valence-corrected chi connectivity index (χ2v) is 6.88. The summed E-state index contributed by atoms with van der Waals surface area (Å²) >= 11 is 6.07. The van der Waals surface area contributed by atoms with Gasteiger partial charge in [0.25, 0.3) is 5.91 Å². The van der Waals surface area contributed by atoms with Crippen LogP contribution in [0.2, 0.25) is 5.02 Å². The number of para-hydroxylation sites is 1. The maximum absolute atomic E-state index is 11.6. The molecular formula is C20H25ClN4O. The van der Waals surface area contributed by atoms with E-state index in [-0.39, 0.29) is 0 Å². The van der Waals surface area contributed by atoms with Crippen molar-refractivity contribution in [2.24, 2.45) is 5.73 Å². The second-order valence-electron chi connectivity index (χ2n) is 6.47. The van der Waals surface area contributed by atoms with Crippen molar-refractivity contribution < 1.29 is 4.79 Å². The summed E-state index contributed by atoms with van der Waals surface area (Å²) in [6, 6.07) is 15.9. The van der Waals surface area contributed by atoms with Gasteiger partial charge >= 0.3 is 0 Å². The summed E-state index contributed by atoms with van der Waals surface area (Å²) in [5.74, 6) is -0.505. The van der Waals surface area contributed by atoms with Gasteiger partial charge in [0.05, 0.1) is 10.6 Å². The van der Waals surface area contributed by atoms with Gasteiger partial charge in [-0.1, -0.05) is 35.9 Å². The molecule has 0 radical (unpaired) electrons. The highest BCUT2D eigenvalue weighted by Gasteiger charge is 2.17. The molecule has 0 aromatic heterocycles. The molecule has 2 aromatic carbocycles. The Bertz CT molecular complexity index is 730. The number of carbonyl (C=O) groups excluding carboxylic acids is 1. The molecule has 1 fully saturated rings. The van der Waals surface area contributed by atoms with Gasteiger partial charge in [-0.05, 0) is 37.2 Å². The predicted molar refractivity (Wildman–Crippen MR) is 108 cm³/mol. The summed E-state index contributed by atoms with van der Waals surface area (Å²) in [6.45, 7) is 6.05. The van der Waals surface area contributed by atoms with Crippen LogP contribution in [-0.4, -0.2) is 50.1 Å². The number of hydrogen-bond donors (Lipinski definition) is 2. The summed E-state index contributed by atoms with van der Waals surface area (Å²) in [6.07, 6.45) is 0.996. The number of halogens is 1. The first-order valence-corrected chi connectivity index (χ1v) is 9.37. The van der Waals surface area contributed by atoms with Crippen LogP contribution in [-0.2, 0) is 0 Å². The van der Waals surface area contributed by atoms with Crippen LogP contribution in [0.5, 0.6) is 0 Å². The largest absolute Gasteiger partial charge is 0.384 e. The lowest BCUT2D eigenvalue weighted by Gasteiger charge is -2.36. The third-order valence-corrected chi connectivity index (χ3v) is 5.04. The van der Waals surface area contributed by atoms with Crippen LogP contribution in [0.1, 0.15) is 16.8 Å². The van der Waals surface area contributed by atoms with Crippen LogP contribution in [0, 0.1) is 0 Å². The van der Waals surface area contributed by atoms with Gasteiger partial charge in [0.2, 0.25) is 0 Å². The standard InChI is InChI=1S/C20H25ClN4O/c21-17-8-4-9-18(19(17)20(22)26)23-10-5-11-24-12-14-25(15-13-24)16-6-2-1-3-7-16/h1-4,6-9,23H,5,10-15H2,(H2,22,26). The number of anilines is 2. The Kier molecular flexibility index (Phi) is 6.36. The molecule has 2 aromatic rings. The molecule has 3 N–H and O–H groups in total. The lowest BCUT2D eigenvalue weighted by molar-refractivity contribution is 0.100. The highest BCUT2D eigenvalue weighted by molar-refractivity contribution is 6.34. The zero-order chi connectivity index (χ0) is 18.4. The summed E-state index contributed by atoms with van der Waals surface area (Å²) in [5.41, 5.74) is 7.79. The predicted octanol–water partition coefficient (Wildman–Crippen LogP) is 3.06. The first kappa shape index (κ1) is 18.5. The maximum atomic E-state index is 11.6. The molecule has 1 heterocycles. The molecule has 1 aliphatic heterocycles. The van der Waals surface area contributed by atoms with Crippen molar-refractivity contribution in [1.29, 1.82) is 0 Å². The van der Waals surface area contributed by atoms with E-state index in [4.69, 9.17) is 17.3 Å². The first-order valence-electron chi connectivity index (χ1n) is 8.99. The van der Waals surface area contributed by atoms with Gasteiger partial charge in [-0.2, -0.15) is 0 Å². The average Bonchev–Trinajstić information content (AvgIpc) is 2.66. The fourth-order valence-corrected chi connectivity index (χ4v) is 3.58. The number of nitrogens with two attached hydrogens (primary N) is 1. The van der Waals surface area contributed by atoms with Crippen LogP contribution in [0.4, 0.5) is 11.4 Å². The van der Waals surface area contributed by atoms with Gasteiger partial charge < -0.3 is 16.0 Å². The summed E-state index contributed by atoms with van der Waals surface area (Å²) in [7, 11) is 0. The molecule has 0 saturated carbocycles. The Morgan fingerprint density at radius 2 is 1.77 bits per heavy atom. The number of amides is 1. The smallest absolute Gasteiger partial charge is 0.252 e. The van der Waals surface area contributed by atoms with E-state index in [0.29, 0.717) is 16.3 Å². The first-order chi connectivity index (χ1) is 12.6. The van der Waals surface area contributed by atoms with Gasteiger partial charge in [-0.3, -0.25) is 9.69 Å². The van der Waals surface area contributed by atoms with E-state index in [1.807, 2.05) is 12.1 Å². The fourth-order valence-electron chi connectivity index (χ4n) is 3.32. The van der Waals surface area contributed by atoms with E-state index in [9.17, 15) is 4.79 Å². The van der Waals surface area contributed by atoms with Gasteiger partial charge in [-0.15, -0.1) is 0 Å². The monoisotopic (exact) mass is 372 g/mol. The molecule has 26 heavy (non-hydrogen) atoms. The van der Waals surface area contributed by atoms with E-state index in [1.54, 1.807) is 6.07 Å². The van der Waals surface area contributed by atoms with Crippen molar-refractivity contribution in [3.8, 4) is 0 Å². The van der Waals surface area contributed by atoms with Crippen molar-refractivity contribution in [3.63, 3.8) is 0 Å². The number of nitrogens with one attached hydrogen (secondary N) is 1. The lowest BCUT2D eigenvalue weighted by atomic mass is 10.1. The van der Waals surface area contributed by atoms with Crippen LogP contribution in [0.25, 0.3) is 0 Å². The lowest BCUT2D eigenvalue weighted by Crippen LogP contribution is -2.46. The average molecular weight is 373 g/mol. The highest BCUT2D eigenvalue weighted by atomic mass is 35.5. The van der Waals surface area contributed by atoms with Gasteiger partial charge in [-0.25, -0.2) is 0 Å². The summed E-state index contributed by atoms with van der Waals surface area (Å²) in [5, 5.41) is 3.68. The van der Waals surface area contributed by atoms with Gasteiger partial charge in [0.15, 0.2) is 0 Å². The Morgan fingerprint density at radius 1 is 1.04 bits per heavy atom. The molecule has 0 aliphatic carbocycles. The van der Waals surface area contributed by atoms with E-state index in [2.05, 4.69) is 45.4 Å². The third kappa shape index (κ3) is 4.68. The van der Waals surface area contributed by atoms with Crippen LogP contribution in [0.15, 0.2) is 48.5 Å². The van der Waals surface area contributed by atoms with Crippen molar-refractivity contribution in [3.05, 3.63) is 59.1 Å². The Hall–Kier alpha value is -2.24. The second kappa shape index (κ2) is 8.92. The molecule has 1 saturated heterocycles. The Balaban J connectivity index is 1.42. The zero-order valence-electron chi connectivity index (χ0n) is 14.8. The molecule has 0 unspecified atom stereocenters. The minimum Gasteiger partial charge on any atom is -0.384 e. The number of nitrogens with zero attached hydrogens (tertiary/aromatic N) is 2. The van der Waals surface area contributed by atoms with E-state index < -0.39 is 5.91 Å². The minimum absolute atomic E-state index is 0.366. The minimum atomic E-state index is -0.505. The molecule has 0 bridgehead atoms. The zero-order valence-corrected chi connectivity index (χ0v) is 15.6. The number of hydrogen-bond acceptors (Lipinski definition) is 4. The molecule has 1 aliphatic rings. The molecule has 0 spiro atoms. The summed E-state index contributed by atoms with van der Waals surface area (Å²) in [4.78, 5) is 16.5. The number of carbonyl (C=O) groups is 1.